The van der Waals surface area contributed by atoms with Gasteiger partial charge in [0.15, 0.2) is 5.96 Å². The third-order valence-electron chi connectivity index (χ3n) is 7.17. The summed E-state index contributed by atoms with van der Waals surface area (Å²) < 4.78 is 0. The Morgan fingerprint density at radius 1 is 0.966 bits per heavy atom. The van der Waals surface area contributed by atoms with E-state index in [-0.39, 0.29) is 0 Å². The summed E-state index contributed by atoms with van der Waals surface area (Å²) in [6.07, 6.45) is 8.20. The summed E-state index contributed by atoms with van der Waals surface area (Å²) in [7, 11) is 1.94. The zero-order valence-corrected chi connectivity index (χ0v) is 18.2. The maximum absolute atomic E-state index is 4.57. The van der Waals surface area contributed by atoms with E-state index in [1.165, 1.54) is 76.9 Å². The number of nitrogens with zero attached hydrogens (tertiary/aromatic N) is 4. The molecule has 1 aromatic carbocycles. The van der Waals surface area contributed by atoms with Crippen LogP contribution in [0.15, 0.2) is 35.3 Å². The van der Waals surface area contributed by atoms with Crippen molar-refractivity contribution in [1.82, 2.24) is 15.1 Å². The Labute approximate surface area is 177 Å². The average molecular weight is 398 g/mol. The Bertz CT molecular complexity index is 624. The third-order valence-corrected chi connectivity index (χ3v) is 7.17. The topological polar surface area (TPSA) is 34.1 Å². The second-order valence-corrected chi connectivity index (χ2v) is 9.05. The minimum absolute atomic E-state index is 0.914. The molecule has 2 aliphatic heterocycles. The quantitative estimate of drug-likeness (QED) is 0.454. The van der Waals surface area contributed by atoms with E-state index in [2.05, 4.69) is 55.3 Å². The molecule has 5 heteroatoms. The van der Waals surface area contributed by atoms with Crippen molar-refractivity contribution in [2.24, 2.45) is 16.8 Å². The first-order valence-electron chi connectivity index (χ1n) is 11.8. The molecule has 1 aliphatic carbocycles. The lowest BCUT2D eigenvalue weighted by atomic mass is 9.82. The summed E-state index contributed by atoms with van der Waals surface area (Å²) in [5.41, 5.74) is 1.37. The van der Waals surface area contributed by atoms with Gasteiger partial charge in [-0.1, -0.05) is 31.0 Å². The number of hydrogen-bond acceptors (Lipinski definition) is 3. The standard InChI is InChI=1S/C24H39N5/c1-25-24(29-19-21-9-5-6-10-22(21)20-29)26-13-7-8-14-27-15-17-28(18-16-27)23-11-3-2-4-12-23/h2-4,11-12,21-22H,5-10,13-20H2,1H3,(H,25,26). The molecule has 2 heterocycles. The maximum atomic E-state index is 4.57. The predicted octanol–water partition coefficient (Wildman–Crippen LogP) is 3.29. The fourth-order valence-corrected chi connectivity index (χ4v) is 5.44. The summed E-state index contributed by atoms with van der Waals surface area (Å²) in [4.78, 5) is 12.2. The number of likely N-dealkylation sites (tertiary alicyclic amines) is 1. The molecule has 2 unspecified atom stereocenters. The monoisotopic (exact) mass is 397 g/mol. The van der Waals surface area contributed by atoms with E-state index < -0.39 is 0 Å². The van der Waals surface area contributed by atoms with Crippen molar-refractivity contribution in [2.45, 2.75) is 38.5 Å². The highest BCUT2D eigenvalue weighted by atomic mass is 15.3. The highest BCUT2D eigenvalue weighted by molar-refractivity contribution is 5.80. The highest BCUT2D eigenvalue weighted by Gasteiger charge is 2.35. The fourth-order valence-electron chi connectivity index (χ4n) is 5.44. The van der Waals surface area contributed by atoms with Crippen LogP contribution in [-0.4, -0.2) is 75.2 Å². The van der Waals surface area contributed by atoms with Crippen LogP contribution in [0.2, 0.25) is 0 Å². The van der Waals surface area contributed by atoms with Gasteiger partial charge in [-0.25, -0.2) is 0 Å². The Hall–Kier alpha value is -1.75. The molecule has 0 spiro atoms. The molecule has 5 nitrogen and oxygen atoms in total. The van der Waals surface area contributed by atoms with Crippen LogP contribution in [-0.2, 0) is 0 Å². The molecule has 160 valence electrons. The van der Waals surface area contributed by atoms with E-state index in [0.717, 1.165) is 37.4 Å². The van der Waals surface area contributed by atoms with Gasteiger partial charge in [0.2, 0.25) is 0 Å². The minimum atomic E-state index is 0.914. The smallest absolute Gasteiger partial charge is 0.193 e. The number of benzene rings is 1. The van der Waals surface area contributed by atoms with E-state index in [1.54, 1.807) is 0 Å². The van der Waals surface area contributed by atoms with Crippen molar-refractivity contribution in [3.8, 4) is 0 Å². The van der Waals surface area contributed by atoms with Crippen molar-refractivity contribution >= 4 is 11.6 Å². The number of fused-ring (bicyclic) bond motifs is 1. The summed E-state index contributed by atoms with van der Waals surface area (Å²) >= 11 is 0. The SMILES string of the molecule is CN=C(NCCCCN1CCN(c2ccccc2)CC1)N1CC2CCCCC2C1. The number of unbranched alkanes of at least 4 members (excludes halogenated alkanes) is 1. The second kappa shape index (κ2) is 10.3. The van der Waals surface area contributed by atoms with Gasteiger partial charge in [-0.3, -0.25) is 9.89 Å². The highest BCUT2D eigenvalue weighted by Crippen LogP contribution is 2.35. The molecule has 1 N–H and O–H groups in total. The lowest BCUT2D eigenvalue weighted by Crippen LogP contribution is -2.46. The molecule has 0 bridgehead atoms. The van der Waals surface area contributed by atoms with Crippen LogP contribution < -0.4 is 10.2 Å². The number of piperazine rings is 1. The molecule has 1 saturated carbocycles. The van der Waals surface area contributed by atoms with Gasteiger partial charge in [-0.05, 0) is 56.2 Å². The van der Waals surface area contributed by atoms with Crippen LogP contribution in [0.1, 0.15) is 38.5 Å². The molecule has 29 heavy (non-hydrogen) atoms. The molecule has 2 saturated heterocycles. The molecule has 0 radical (unpaired) electrons. The number of rotatable bonds is 6. The van der Waals surface area contributed by atoms with Crippen molar-refractivity contribution in [1.29, 1.82) is 0 Å². The fraction of sp³-hybridized carbons (Fsp3) is 0.708. The van der Waals surface area contributed by atoms with Crippen molar-refractivity contribution in [3.63, 3.8) is 0 Å². The van der Waals surface area contributed by atoms with E-state index in [1.807, 2.05) is 7.05 Å². The number of para-hydroxylation sites is 1. The first-order valence-corrected chi connectivity index (χ1v) is 11.8. The largest absolute Gasteiger partial charge is 0.369 e. The third kappa shape index (κ3) is 5.44. The van der Waals surface area contributed by atoms with E-state index in [4.69, 9.17) is 0 Å². The molecule has 3 aliphatic rings. The van der Waals surface area contributed by atoms with Crippen molar-refractivity contribution in [3.05, 3.63) is 30.3 Å². The van der Waals surface area contributed by atoms with Gasteiger partial charge in [0.05, 0.1) is 0 Å². The number of nitrogens with one attached hydrogen (secondary N) is 1. The Balaban J connectivity index is 1.10. The zero-order valence-electron chi connectivity index (χ0n) is 18.2. The van der Waals surface area contributed by atoms with Crippen molar-refractivity contribution in [2.75, 3.05) is 64.3 Å². The van der Waals surface area contributed by atoms with Crippen molar-refractivity contribution < 1.29 is 0 Å². The first kappa shape index (κ1) is 20.5. The van der Waals surface area contributed by atoms with Crippen LogP contribution in [0, 0.1) is 11.8 Å². The molecular weight excluding hydrogens is 358 g/mol. The van der Waals surface area contributed by atoms with E-state index in [9.17, 15) is 0 Å². The number of aliphatic imine (C=N–C) groups is 1. The molecule has 0 amide bonds. The Morgan fingerprint density at radius 3 is 2.31 bits per heavy atom. The number of guanidine groups is 1. The molecule has 2 atom stereocenters. The molecule has 4 rings (SSSR count). The summed E-state index contributed by atoms with van der Waals surface area (Å²) in [6, 6.07) is 10.8. The summed E-state index contributed by atoms with van der Waals surface area (Å²) in [5, 5.41) is 3.64. The first-order chi connectivity index (χ1) is 14.3. The van der Waals surface area contributed by atoms with E-state index in [0.29, 0.717) is 0 Å². The van der Waals surface area contributed by atoms with Gasteiger partial charge in [-0.15, -0.1) is 0 Å². The van der Waals surface area contributed by atoms with Gasteiger partial charge in [0, 0.05) is 58.5 Å². The minimum Gasteiger partial charge on any atom is -0.369 e. The lowest BCUT2D eigenvalue weighted by Gasteiger charge is -2.36. The lowest BCUT2D eigenvalue weighted by molar-refractivity contribution is 0.253. The molecule has 1 aromatic rings. The van der Waals surface area contributed by atoms with Crippen LogP contribution in [0.25, 0.3) is 0 Å². The van der Waals surface area contributed by atoms with E-state index >= 15 is 0 Å². The summed E-state index contributed by atoms with van der Waals surface area (Å²) in [5.74, 6) is 2.96. The van der Waals surface area contributed by atoms with Crippen LogP contribution in [0.3, 0.4) is 0 Å². The van der Waals surface area contributed by atoms with Crippen LogP contribution in [0.4, 0.5) is 5.69 Å². The van der Waals surface area contributed by atoms with Gasteiger partial charge >= 0.3 is 0 Å². The number of anilines is 1. The van der Waals surface area contributed by atoms with Gasteiger partial charge in [0.25, 0.3) is 0 Å². The number of hydrogen-bond donors (Lipinski definition) is 1. The molecule has 3 fully saturated rings. The average Bonchev–Trinajstić information content (AvgIpc) is 3.21. The van der Waals surface area contributed by atoms with Gasteiger partial charge < -0.3 is 15.1 Å². The maximum Gasteiger partial charge on any atom is 0.193 e. The predicted molar refractivity (Wildman–Crippen MR) is 123 cm³/mol. The Kier molecular flexibility index (Phi) is 7.31. The van der Waals surface area contributed by atoms with Crippen LogP contribution in [0.5, 0.6) is 0 Å². The summed E-state index contributed by atoms with van der Waals surface area (Å²) in [6.45, 7) is 9.35. The Morgan fingerprint density at radius 2 is 1.66 bits per heavy atom. The van der Waals surface area contributed by atoms with Gasteiger partial charge in [-0.2, -0.15) is 0 Å². The molecular formula is C24H39N5. The molecule has 0 aromatic heterocycles. The van der Waals surface area contributed by atoms with Gasteiger partial charge in [0.1, 0.15) is 0 Å². The van der Waals surface area contributed by atoms with Crippen LogP contribution >= 0.6 is 0 Å². The normalized spacial score (nSPS) is 25.9. The second-order valence-electron chi connectivity index (χ2n) is 9.05. The zero-order chi connectivity index (χ0) is 19.9.